The smallest absolute Gasteiger partial charge is 0.227 e. The van der Waals surface area contributed by atoms with Crippen LogP contribution in [0.2, 0.25) is 0 Å². The van der Waals surface area contributed by atoms with Crippen molar-refractivity contribution in [3.63, 3.8) is 0 Å². The summed E-state index contributed by atoms with van der Waals surface area (Å²) in [6.07, 6.45) is 5.64. The average molecular weight is 350 g/mol. The van der Waals surface area contributed by atoms with Crippen LogP contribution in [0.3, 0.4) is 0 Å². The highest BCUT2D eigenvalue weighted by molar-refractivity contribution is 5.93. The molecule has 1 aromatic heterocycles. The van der Waals surface area contributed by atoms with Crippen molar-refractivity contribution in [1.82, 2.24) is 10.2 Å². The Labute approximate surface area is 154 Å². The number of hydrogen-bond donors (Lipinski definition) is 1. The maximum atomic E-state index is 12.0. The maximum Gasteiger partial charge on any atom is 0.227 e. The van der Waals surface area contributed by atoms with Gasteiger partial charge in [-0.05, 0) is 55.9 Å². The van der Waals surface area contributed by atoms with E-state index in [9.17, 15) is 4.79 Å². The minimum atomic E-state index is 0.143. The molecule has 1 amide bonds. The topological polar surface area (TPSA) is 58.1 Å². The van der Waals surface area contributed by atoms with Crippen LogP contribution in [-0.2, 0) is 4.79 Å². The quantitative estimate of drug-likeness (QED) is 0.901. The molecule has 4 rings (SSSR count). The molecular weight excluding hydrogens is 324 g/mol. The van der Waals surface area contributed by atoms with Crippen LogP contribution in [0, 0.1) is 11.8 Å². The Bertz CT molecular complexity index is 745. The Morgan fingerprint density at radius 1 is 1.00 bits per heavy atom. The van der Waals surface area contributed by atoms with Crippen molar-refractivity contribution in [2.45, 2.75) is 39.0 Å². The van der Waals surface area contributed by atoms with Gasteiger partial charge in [0.15, 0.2) is 5.82 Å². The molecule has 2 fully saturated rings. The van der Waals surface area contributed by atoms with Crippen LogP contribution in [0.4, 0.5) is 11.5 Å². The molecule has 1 N–H and O–H groups in total. The van der Waals surface area contributed by atoms with Crippen LogP contribution >= 0.6 is 0 Å². The molecule has 136 valence electrons. The lowest BCUT2D eigenvalue weighted by atomic mass is 9.85. The van der Waals surface area contributed by atoms with E-state index in [1.807, 2.05) is 30.3 Å². The molecule has 1 aliphatic heterocycles. The van der Waals surface area contributed by atoms with E-state index in [4.69, 9.17) is 0 Å². The number of carbonyl (C=O) groups is 1. The van der Waals surface area contributed by atoms with Crippen LogP contribution in [-0.4, -0.2) is 29.2 Å². The third kappa shape index (κ3) is 3.71. The molecule has 2 aliphatic rings. The van der Waals surface area contributed by atoms with Crippen LogP contribution < -0.4 is 10.2 Å². The summed E-state index contributed by atoms with van der Waals surface area (Å²) in [4.78, 5) is 14.3. The molecule has 5 heteroatoms. The van der Waals surface area contributed by atoms with E-state index in [-0.39, 0.29) is 11.8 Å². The number of nitrogens with zero attached hydrogens (tertiary/aromatic N) is 3. The zero-order valence-electron chi connectivity index (χ0n) is 15.3. The van der Waals surface area contributed by atoms with Crippen molar-refractivity contribution in [3.05, 3.63) is 36.4 Å². The lowest BCUT2D eigenvalue weighted by Gasteiger charge is -2.30. The van der Waals surface area contributed by atoms with E-state index in [1.54, 1.807) is 0 Å². The summed E-state index contributed by atoms with van der Waals surface area (Å²) in [5.74, 6) is 2.11. The van der Waals surface area contributed by atoms with Gasteiger partial charge < -0.3 is 10.2 Å². The van der Waals surface area contributed by atoms with Gasteiger partial charge in [-0.25, -0.2) is 0 Å². The molecule has 1 saturated heterocycles. The van der Waals surface area contributed by atoms with Gasteiger partial charge in [0.1, 0.15) is 0 Å². The summed E-state index contributed by atoms with van der Waals surface area (Å²) in [7, 11) is 0. The molecule has 0 spiro atoms. The van der Waals surface area contributed by atoms with Gasteiger partial charge in [-0.2, -0.15) is 0 Å². The van der Waals surface area contributed by atoms with Crippen molar-refractivity contribution < 1.29 is 4.79 Å². The number of carbonyl (C=O) groups excluding carboxylic acids is 1. The van der Waals surface area contributed by atoms with Gasteiger partial charge in [0.25, 0.3) is 0 Å². The van der Waals surface area contributed by atoms with Gasteiger partial charge in [-0.3, -0.25) is 4.79 Å². The zero-order valence-corrected chi connectivity index (χ0v) is 15.3. The van der Waals surface area contributed by atoms with E-state index in [0.717, 1.165) is 54.6 Å². The second-order valence-corrected chi connectivity index (χ2v) is 7.64. The number of nitrogens with one attached hydrogen (secondary N) is 1. The second-order valence-electron chi connectivity index (χ2n) is 7.64. The van der Waals surface area contributed by atoms with Gasteiger partial charge in [0.2, 0.25) is 5.91 Å². The molecule has 5 nitrogen and oxygen atoms in total. The van der Waals surface area contributed by atoms with E-state index in [2.05, 4.69) is 33.4 Å². The number of piperidine rings is 1. The lowest BCUT2D eigenvalue weighted by Crippen LogP contribution is -2.33. The fourth-order valence-electron chi connectivity index (χ4n) is 3.52. The predicted octanol–water partition coefficient (Wildman–Crippen LogP) is 4.12. The predicted molar refractivity (Wildman–Crippen MR) is 104 cm³/mol. The standard InChI is InChI=1S/C21H26N4O/c1-15-11-13-25(14-12-15)20-10-9-19(23-24-20)16-5-7-18(8-6-16)22-21(26)17-3-2-4-17/h5-10,15,17H,2-4,11-14H2,1H3,(H,22,26). The van der Waals surface area contributed by atoms with Crippen LogP contribution in [0.25, 0.3) is 11.3 Å². The summed E-state index contributed by atoms with van der Waals surface area (Å²) < 4.78 is 0. The minimum Gasteiger partial charge on any atom is -0.355 e. The number of amides is 1. The first-order chi connectivity index (χ1) is 12.7. The number of benzene rings is 1. The average Bonchev–Trinajstić information content (AvgIpc) is 2.62. The van der Waals surface area contributed by atoms with Crippen molar-refractivity contribution in [3.8, 4) is 11.3 Å². The fourth-order valence-corrected chi connectivity index (χ4v) is 3.52. The number of anilines is 2. The molecule has 1 aromatic carbocycles. The summed E-state index contributed by atoms with van der Waals surface area (Å²) in [5, 5.41) is 11.8. The molecule has 0 unspecified atom stereocenters. The zero-order chi connectivity index (χ0) is 17.9. The maximum absolute atomic E-state index is 12.0. The summed E-state index contributed by atoms with van der Waals surface area (Å²) in [5.41, 5.74) is 2.71. The minimum absolute atomic E-state index is 0.143. The molecule has 0 radical (unpaired) electrons. The molecule has 2 aromatic rings. The summed E-state index contributed by atoms with van der Waals surface area (Å²) in [6.45, 7) is 4.43. The normalized spacial score (nSPS) is 18.4. The van der Waals surface area contributed by atoms with E-state index in [1.165, 1.54) is 19.3 Å². The van der Waals surface area contributed by atoms with Crippen molar-refractivity contribution in [2.24, 2.45) is 11.8 Å². The first kappa shape index (κ1) is 17.0. The number of hydrogen-bond acceptors (Lipinski definition) is 4. The van der Waals surface area contributed by atoms with Crippen LogP contribution in [0.5, 0.6) is 0 Å². The summed E-state index contributed by atoms with van der Waals surface area (Å²) in [6, 6.07) is 11.9. The fraction of sp³-hybridized carbons (Fsp3) is 0.476. The summed E-state index contributed by atoms with van der Waals surface area (Å²) >= 11 is 0. The number of aromatic nitrogens is 2. The van der Waals surface area contributed by atoms with Crippen molar-refractivity contribution in [1.29, 1.82) is 0 Å². The molecule has 2 heterocycles. The van der Waals surface area contributed by atoms with Gasteiger partial charge >= 0.3 is 0 Å². The molecule has 26 heavy (non-hydrogen) atoms. The first-order valence-corrected chi connectivity index (χ1v) is 9.69. The molecular formula is C21H26N4O. The number of rotatable bonds is 4. The van der Waals surface area contributed by atoms with E-state index < -0.39 is 0 Å². The van der Waals surface area contributed by atoms with Gasteiger partial charge in [0.05, 0.1) is 5.69 Å². The Morgan fingerprint density at radius 3 is 2.31 bits per heavy atom. The Morgan fingerprint density at radius 2 is 1.73 bits per heavy atom. The highest BCUT2D eigenvalue weighted by Gasteiger charge is 2.25. The monoisotopic (exact) mass is 350 g/mol. The highest BCUT2D eigenvalue weighted by atomic mass is 16.1. The first-order valence-electron chi connectivity index (χ1n) is 9.69. The Kier molecular flexibility index (Phi) is 4.87. The van der Waals surface area contributed by atoms with E-state index in [0.29, 0.717) is 0 Å². The Balaban J connectivity index is 1.40. The molecule has 0 atom stereocenters. The Hall–Kier alpha value is -2.43. The van der Waals surface area contributed by atoms with Crippen molar-refractivity contribution in [2.75, 3.05) is 23.3 Å². The van der Waals surface area contributed by atoms with Gasteiger partial charge in [0, 0.05) is 30.3 Å². The third-order valence-corrected chi connectivity index (χ3v) is 5.68. The third-order valence-electron chi connectivity index (χ3n) is 5.68. The molecule has 0 bridgehead atoms. The second kappa shape index (κ2) is 7.44. The SMILES string of the molecule is CC1CCN(c2ccc(-c3ccc(NC(=O)C4CCC4)cc3)nn2)CC1. The van der Waals surface area contributed by atoms with Crippen molar-refractivity contribution >= 4 is 17.4 Å². The lowest BCUT2D eigenvalue weighted by molar-refractivity contribution is -0.122. The highest BCUT2D eigenvalue weighted by Crippen LogP contribution is 2.28. The van der Waals surface area contributed by atoms with E-state index >= 15 is 0 Å². The van der Waals surface area contributed by atoms with Gasteiger partial charge in [-0.15, -0.1) is 10.2 Å². The molecule has 1 aliphatic carbocycles. The van der Waals surface area contributed by atoms with Crippen LogP contribution in [0.15, 0.2) is 36.4 Å². The van der Waals surface area contributed by atoms with Crippen LogP contribution in [0.1, 0.15) is 39.0 Å². The molecule has 1 saturated carbocycles. The largest absolute Gasteiger partial charge is 0.355 e. The van der Waals surface area contributed by atoms with Gasteiger partial charge in [-0.1, -0.05) is 25.5 Å².